The van der Waals surface area contributed by atoms with Crippen molar-refractivity contribution < 1.29 is 19.1 Å². The molecule has 0 fully saturated rings. The molecule has 0 aliphatic carbocycles. The Morgan fingerprint density at radius 1 is 1.11 bits per heavy atom. The highest BCUT2D eigenvalue weighted by atomic mass is 16.5. The molecule has 0 radical (unpaired) electrons. The van der Waals surface area contributed by atoms with Crippen molar-refractivity contribution in [1.82, 2.24) is 0 Å². The Kier molecular flexibility index (Phi) is 6.49. The normalized spacial score (nSPS) is 10.5. The molecule has 0 unspecified atom stereocenters. The molecule has 0 saturated heterocycles. The van der Waals surface area contributed by atoms with E-state index in [4.69, 9.17) is 5.73 Å². The Balaban J connectivity index is 2.23. The molecule has 8 heteroatoms. The Hall–Kier alpha value is -4.12. The van der Waals surface area contributed by atoms with Gasteiger partial charge in [0.15, 0.2) is 0 Å². The van der Waals surface area contributed by atoms with Gasteiger partial charge < -0.3 is 15.8 Å². The van der Waals surface area contributed by atoms with Crippen LogP contribution in [0.4, 0.5) is 17.1 Å². The van der Waals surface area contributed by atoms with E-state index in [1.165, 1.54) is 44.5 Å². The van der Waals surface area contributed by atoms with Crippen LogP contribution in [0, 0.1) is 11.3 Å². The summed E-state index contributed by atoms with van der Waals surface area (Å²) in [5.74, 6) is -1.80. The highest BCUT2D eigenvalue weighted by Gasteiger charge is 2.23. The topological polar surface area (TPSA) is 126 Å². The standard InChI is InChI=1S/C20H18N4O4/c1-13(25)24(18-9-5-16(22)6-10-18)19(26)15(11-21)12-23-17-7-3-14(4-8-17)20(27)28-2/h3-10,12,23H,22H2,1-2H3/b15-12-. The Morgan fingerprint density at radius 3 is 2.21 bits per heavy atom. The number of carbonyl (C=O) groups is 3. The van der Waals surface area contributed by atoms with E-state index in [0.29, 0.717) is 22.6 Å². The van der Waals surface area contributed by atoms with Gasteiger partial charge in [-0.15, -0.1) is 0 Å². The van der Waals surface area contributed by atoms with Crippen molar-refractivity contribution in [3.05, 3.63) is 65.9 Å². The van der Waals surface area contributed by atoms with Crippen molar-refractivity contribution in [3.8, 4) is 6.07 Å². The summed E-state index contributed by atoms with van der Waals surface area (Å²) in [4.78, 5) is 37.0. The molecular formula is C20H18N4O4. The van der Waals surface area contributed by atoms with Crippen LogP contribution in [-0.4, -0.2) is 24.9 Å². The number of carbonyl (C=O) groups excluding carboxylic acids is 3. The number of esters is 1. The fourth-order valence-electron chi connectivity index (χ4n) is 2.30. The van der Waals surface area contributed by atoms with Crippen LogP contribution < -0.4 is 16.0 Å². The molecule has 0 atom stereocenters. The minimum atomic E-state index is -0.779. The van der Waals surface area contributed by atoms with Gasteiger partial charge >= 0.3 is 5.97 Å². The first kappa shape index (κ1) is 20.2. The Labute approximate surface area is 161 Å². The van der Waals surface area contributed by atoms with Crippen LogP contribution in [0.15, 0.2) is 60.3 Å². The molecule has 8 nitrogen and oxygen atoms in total. The predicted molar refractivity (Wildman–Crippen MR) is 104 cm³/mol. The fraction of sp³-hybridized carbons (Fsp3) is 0.100. The van der Waals surface area contributed by atoms with Crippen LogP contribution >= 0.6 is 0 Å². The average Bonchev–Trinajstić information content (AvgIpc) is 2.69. The number of nitrogens with two attached hydrogens (primary N) is 1. The second-order valence-corrected chi connectivity index (χ2v) is 5.63. The van der Waals surface area contributed by atoms with Gasteiger partial charge in [-0.3, -0.25) is 9.59 Å². The second kappa shape index (κ2) is 9.00. The van der Waals surface area contributed by atoms with Crippen molar-refractivity contribution in [1.29, 1.82) is 5.26 Å². The van der Waals surface area contributed by atoms with Crippen molar-refractivity contribution in [2.75, 3.05) is 23.1 Å². The number of nitriles is 1. The summed E-state index contributed by atoms with van der Waals surface area (Å²) >= 11 is 0. The molecule has 0 bridgehead atoms. The van der Waals surface area contributed by atoms with Crippen molar-refractivity contribution in [3.63, 3.8) is 0 Å². The zero-order chi connectivity index (χ0) is 20.7. The maximum Gasteiger partial charge on any atom is 0.337 e. The number of imide groups is 1. The van der Waals surface area contributed by atoms with Gasteiger partial charge in [0, 0.05) is 24.5 Å². The number of benzene rings is 2. The molecule has 2 aromatic carbocycles. The van der Waals surface area contributed by atoms with E-state index < -0.39 is 17.8 Å². The molecule has 0 spiro atoms. The molecule has 0 heterocycles. The number of nitrogens with one attached hydrogen (secondary N) is 1. The lowest BCUT2D eigenvalue weighted by Crippen LogP contribution is -2.36. The number of nitrogens with zero attached hydrogens (tertiary/aromatic N) is 2. The van der Waals surface area contributed by atoms with Crippen LogP contribution in [0.5, 0.6) is 0 Å². The molecule has 0 saturated carbocycles. The molecule has 2 rings (SSSR count). The van der Waals surface area contributed by atoms with Gasteiger partial charge in [-0.1, -0.05) is 0 Å². The monoisotopic (exact) mass is 378 g/mol. The Morgan fingerprint density at radius 2 is 1.71 bits per heavy atom. The lowest BCUT2D eigenvalue weighted by molar-refractivity contribution is -0.123. The number of ether oxygens (including phenoxy) is 1. The molecule has 28 heavy (non-hydrogen) atoms. The van der Waals surface area contributed by atoms with Gasteiger partial charge in [-0.2, -0.15) is 5.26 Å². The molecule has 3 N–H and O–H groups in total. The maximum absolute atomic E-state index is 12.7. The predicted octanol–water partition coefficient (Wildman–Crippen LogP) is 2.45. The van der Waals surface area contributed by atoms with Gasteiger partial charge in [0.1, 0.15) is 11.6 Å². The average molecular weight is 378 g/mol. The van der Waals surface area contributed by atoms with E-state index in [1.807, 2.05) is 0 Å². The summed E-state index contributed by atoms with van der Waals surface area (Å²) < 4.78 is 4.62. The van der Waals surface area contributed by atoms with E-state index in [9.17, 15) is 19.6 Å². The van der Waals surface area contributed by atoms with Crippen LogP contribution in [0.25, 0.3) is 0 Å². The molecule has 0 aliphatic heterocycles. The number of rotatable bonds is 5. The number of anilines is 3. The molecule has 2 aromatic rings. The first-order chi connectivity index (χ1) is 13.4. The minimum absolute atomic E-state index is 0.274. The lowest BCUT2D eigenvalue weighted by atomic mass is 10.2. The molecule has 142 valence electrons. The maximum atomic E-state index is 12.7. The van der Waals surface area contributed by atoms with Crippen LogP contribution in [0.1, 0.15) is 17.3 Å². The summed E-state index contributed by atoms with van der Waals surface area (Å²) in [6.45, 7) is 1.22. The summed E-state index contributed by atoms with van der Waals surface area (Å²) in [7, 11) is 1.28. The second-order valence-electron chi connectivity index (χ2n) is 5.63. The molecule has 0 aliphatic rings. The van der Waals surface area contributed by atoms with Gasteiger partial charge in [0.2, 0.25) is 5.91 Å². The quantitative estimate of drug-likeness (QED) is 0.354. The number of nitrogen functional groups attached to an aromatic ring is 1. The lowest BCUT2D eigenvalue weighted by Gasteiger charge is -2.19. The summed E-state index contributed by atoms with van der Waals surface area (Å²) in [6.07, 6.45) is 1.20. The third-order valence-electron chi connectivity index (χ3n) is 3.71. The first-order valence-electron chi connectivity index (χ1n) is 8.13. The summed E-state index contributed by atoms with van der Waals surface area (Å²) in [5.41, 5.74) is 7.03. The number of methoxy groups -OCH3 is 1. The molecule has 0 aromatic heterocycles. The summed E-state index contributed by atoms with van der Waals surface area (Å²) in [6, 6.07) is 14.2. The van der Waals surface area contributed by atoms with Crippen LogP contribution in [-0.2, 0) is 14.3 Å². The van der Waals surface area contributed by atoms with Crippen LogP contribution in [0.2, 0.25) is 0 Å². The zero-order valence-corrected chi connectivity index (χ0v) is 15.3. The van der Waals surface area contributed by atoms with Gasteiger partial charge in [-0.25, -0.2) is 9.69 Å². The molecule has 2 amide bonds. The van der Waals surface area contributed by atoms with Gasteiger partial charge in [0.05, 0.1) is 18.4 Å². The van der Waals surface area contributed by atoms with E-state index in [1.54, 1.807) is 30.3 Å². The Bertz CT molecular complexity index is 957. The third kappa shape index (κ3) is 4.74. The van der Waals surface area contributed by atoms with E-state index in [0.717, 1.165) is 4.90 Å². The smallest absolute Gasteiger partial charge is 0.337 e. The first-order valence-corrected chi connectivity index (χ1v) is 8.13. The van der Waals surface area contributed by atoms with Crippen molar-refractivity contribution in [2.45, 2.75) is 6.92 Å². The van der Waals surface area contributed by atoms with Crippen LogP contribution in [0.3, 0.4) is 0 Å². The number of hydrogen-bond acceptors (Lipinski definition) is 7. The van der Waals surface area contributed by atoms with E-state index in [2.05, 4.69) is 10.1 Å². The molecular weight excluding hydrogens is 360 g/mol. The summed E-state index contributed by atoms with van der Waals surface area (Å²) in [5, 5.41) is 12.1. The van der Waals surface area contributed by atoms with Gasteiger partial charge in [0.25, 0.3) is 5.91 Å². The zero-order valence-electron chi connectivity index (χ0n) is 15.3. The van der Waals surface area contributed by atoms with E-state index >= 15 is 0 Å². The third-order valence-corrected chi connectivity index (χ3v) is 3.71. The van der Waals surface area contributed by atoms with Crippen molar-refractivity contribution in [2.24, 2.45) is 0 Å². The van der Waals surface area contributed by atoms with E-state index in [-0.39, 0.29) is 5.57 Å². The number of amides is 2. The largest absolute Gasteiger partial charge is 0.465 e. The van der Waals surface area contributed by atoms with Gasteiger partial charge in [-0.05, 0) is 48.5 Å². The minimum Gasteiger partial charge on any atom is -0.465 e. The van der Waals surface area contributed by atoms with Crippen molar-refractivity contribution >= 4 is 34.8 Å². The highest BCUT2D eigenvalue weighted by Crippen LogP contribution is 2.19. The SMILES string of the molecule is COC(=O)c1ccc(N/C=C(/C#N)C(=O)N(C(C)=O)c2ccc(N)cc2)cc1. The number of hydrogen-bond donors (Lipinski definition) is 2. The fourth-order valence-corrected chi connectivity index (χ4v) is 2.30. The highest BCUT2D eigenvalue weighted by molar-refractivity contribution is 6.21.